The molecule has 2 amide bonds. The molecule has 0 saturated heterocycles. The normalized spacial score (nSPS) is 10.1. The predicted molar refractivity (Wildman–Crippen MR) is 92.4 cm³/mol. The van der Waals surface area contributed by atoms with Gasteiger partial charge >= 0.3 is 6.03 Å². The Morgan fingerprint density at radius 2 is 1.79 bits per heavy atom. The minimum absolute atomic E-state index is 0.112. The minimum Gasteiger partial charge on any atom is -0.493 e. The summed E-state index contributed by atoms with van der Waals surface area (Å²) in [5.41, 5.74) is 2.10. The Bertz CT molecular complexity index is 662. The number of nitrogens with zero attached hydrogens (tertiary/aromatic N) is 2. The first kappa shape index (κ1) is 17.6. The van der Waals surface area contributed by atoms with Crippen molar-refractivity contribution < 1.29 is 14.3 Å². The van der Waals surface area contributed by atoms with Crippen molar-refractivity contribution in [3.05, 3.63) is 53.9 Å². The van der Waals surface area contributed by atoms with Gasteiger partial charge in [-0.2, -0.15) is 0 Å². The van der Waals surface area contributed by atoms with Crippen LogP contribution in [-0.4, -0.2) is 43.7 Å². The average Bonchev–Trinajstić information content (AvgIpc) is 2.64. The number of rotatable bonds is 7. The average molecular weight is 329 g/mol. The third-order valence-corrected chi connectivity index (χ3v) is 3.72. The summed E-state index contributed by atoms with van der Waals surface area (Å²) in [7, 11) is 4.97. The summed E-state index contributed by atoms with van der Waals surface area (Å²) >= 11 is 0. The maximum Gasteiger partial charge on any atom is 0.317 e. The molecule has 2 aromatic rings. The molecule has 24 heavy (non-hydrogen) atoms. The fourth-order valence-corrected chi connectivity index (χ4v) is 2.25. The van der Waals surface area contributed by atoms with Crippen LogP contribution < -0.4 is 14.8 Å². The number of methoxy groups -OCH3 is 2. The minimum atomic E-state index is -0.112. The monoisotopic (exact) mass is 329 g/mol. The zero-order chi connectivity index (χ0) is 17.4. The Labute approximate surface area is 142 Å². The zero-order valence-corrected chi connectivity index (χ0v) is 14.3. The molecule has 6 nitrogen and oxygen atoms in total. The zero-order valence-electron chi connectivity index (χ0n) is 14.3. The summed E-state index contributed by atoms with van der Waals surface area (Å²) in [6.45, 7) is 1.07. The van der Waals surface area contributed by atoms with E-state index in [0.717, 1.165) is 17.5 Å². The molecule has 0 unspecified atom stereocenters. The Morgan fingerprint density at radius 3 is 2.46 bits per heavy atom. The van der Waals surface area contributed by atoms with Gasteiger partial charge in [0.25, 0.3) is 0 Å². The number of likely N-dealkylation sites (N-methyl/N-ethyl adjacent to an activating group) is 1. The maximum atomic E-state index is 12.2. The number of ether oxygens (including phenoxy) is 2. The van der Waals surface area contributed by atoms with Crippen LogP contribution in [0.2, 0.25) is 0 Å². The van der Waals surface area contributed by atoms with E-state index < -0.39 is 0 Å². The Morgan fingerprint density at radius 1 is 1.08 bits per heavy atom. The van der Waals surface area contributed by atoms with Gasteiger partial charge in [0.05, 0.1) is 14.2 Å². The summed E-state index contributed by atoms with van der Waals surface area (Å²) in [6, 6.07) is 9.38. The molecular formula is C18H23N3O3. The fourth-order valence-electron chi connectivity index (χ4n) is 2.25. The Balaban J connectivity index is 1.83. The van der Waals surface area contributed by atoms with E-state index in [0.29, 0.717) is 24.6 Å². The van der Waals surface area contributed by atoms with Crippen LogP contribution in [0.5, 0.6) is 11.5 Å². The number of pyridine rings is 1. The van der Waals surface area contributed by atoms with E-state index >= 15 is 0 Å². The quantitative estimate of drug-likeness (QED) is 0.848. The highest BCUT2D eigenvalue weighted by Crippen LogP contribution is 2.27. The topological polar surface area (TPSA) is 63.7 Å². The molecule has 0 spiro atoms. The number of hydrogen-bond donors (Lipinski definition) is 1. The van der Waals surface area contributed by atoms with Gasteiger partial charge in [0.1, 0.15) is 0 Å². The molecule has 0 aliphatic heterocycles. The number of hydrogen-bond acceptors (Lipinski definition) is 4. The van der Waals surface area contributed by atoms with Crippen LogP contribution in [0.3, 0.4) is 0 Å². The summed E-state index contributed by atoms with van der Waals surface area (Å²) < 4.78 is 10.5. The third-order valence-electron chi connectivity index (χ3n) is 3.72. The van der Waals surface area contributed by atoms with Crippen molar-refractivity contribution in [3.63, 3.8) is 0 Å². The molecule has 0 radical (unpaired) electrons. The SMILES string of the molecule is COc1ccc(CNC(=O)N(C)CCc2ccncc2)cc1OC. The van der Waals surface area contributed by atoms with Crippen LogP contribution in [0, 0.1) is 0 Å². The lowest BCUT2D eigenvalue weighted by Gasteiger charge is -2.18. The molecule has 0 aliphatic carbocycles. The van der Waals surface area contributed by atoms with Gasteiger partial charge in [0.2, 0.25) is 0 Å². The van der Waals surface area contributed by atoms with Crippen molar-refractivity contribution in [2.24, 2.45) is 0 Å². The van der Waals surface area contributed by atoms with Crippen LogP contribution in [0.15, 0.2) is 42.7 Å². The van der Waals surface area contributed by atoms with Gasteiger partial charge in [-0.05, 0) is 41.8 Å². The molecular weight excluding hydrogens is 306 g/mol. The molecule has 0 aliphatic rings. The van der Waals surface area contributed by atoms with Gasteiger partial charge in [0.15, 0.2) is 11.5 Å². The molecule has 0 bridgehead atoms. The van der Waals surface area contributed by atoms with E-state index in [2.05, 4.69) is 10.3 Å². The molecule has 1 aromatic heterocycles. The number of benzene rings is 1. The van der Waals surface area contributed by atoms with Crippen LogP contribution in [-0.2, 0) is 13.0 Å². The summed E-state index contributed by atoms with van der Waals surface area (Å²) in [6.07, 6.45) is 4.31. The molecule has 2 rings (SSSR count). The van der Waals surface area contributed by atoms with E-state index in [4.69, 9.17) is 9.47 Å². The number of nitrogens with one attached hydrogen (secondary N) is 1. The highest BCUT2D eigenvalue weighted by Gasteiger charge is 2.09. The molecule has 0 fully saturated rings. The largest absolute Gasteiger partial charge is 0.493 e. The number of amides is 2. The van der Waals surface area contributed by atoms with Gasteiger partial charge in [-0.25, -0.2) is 4.79 Å². The third kappa shape index (κ3) is 4.87. The standard InChI is InChI=1S/C18H23N3O3/c1-21(11-8-14-6-9-19-10-7-14)18(22)20-13-15-4-5-16(23-2)17(12-15)24-3/h4-7,9-10,12H,8,11,13H2,1-3H3,(H,20,22). The lowest BCUT2D eigenvalue weighted by atomic mass is 10.2. The van der Waals surface area contributed by atoms with Gasteiger partial charge in [-0.1, -0.05) is 6.07 Å². The van der Waals surface area contributed by atoms with E-state index in [-0.39, 0.29) is 6.03 Å². The second-order valence-corrected chi connectivity index (χ2v) is 5.38. The lowest BCUT2D eigenvalue weighted by Crippen LogP contribution is -2.37. The van der Waals surface area contributed by atoms with Crippen molar-refractivity contribution in [1.82, 2.24) is 15.2 Å². The molecule has 1 heterocycles. The van der Waals surface area contributed by atoms with Crippen molar-refractivity contribution >= 4 is 6.03 Å². The number of carbonyl (C=O) groups excluding carboxylic acids is 1. The van der Waals surface area contributed by atoms with E-state index in [1.54, 1.807) is 38.6 Å². The van der Waals surface area contributed by atoms with E-state index in [1.807, 2.05) is 30.3 Å². The van der Waals surface area contributed by atoms with Gasteiger partial charge in [-0.3, -0.25) is 4.98 Å². The van der Waals surface area contributed by atoms with Crippen LogP contribution in [0.1, 0.15) is 11.1 Å². The van der Waals surface area contributed by atoms with Crippen LogP contribution in [0.25, 0.3) is 0 Å². The molecule has 1 aromatic carbocycles. The molecule has 1 N–H and O–H groups in total. The first-order chi connectivity index (χ1) is 11.6. The Hall–Kier alpha value is -2.76. The summed E-state index contributed by atoms with van der Waals surface area (Å²) in [5, 5.41) is 2.90. The predicted octanol–water partition coefficient (Wildman–Crippen LogP) is 2.48. The van der Waals surface area contributed by atoms with Crippen molar-refractivity contribution in [1.29, 1.82) is 0 Å². The number of aromatic nitrogens is 1. The van der Waals surface area contributed by atoms with E-state index in [9.17, 15) is 4.79 Å². The van der Waals surface area contributed by atoms with Crippen molar-refractivity contribution in [2.45, 2.75) is 13.0 Å². The van der Waals surface area contributed by atoms with Gasteiger partial charge < -0.3 is 19.7 Å². The maximum absolute atomic E-state index is 12.2. The molecule has 0 atom stereocenters. The van der Waals surface area contributed by atoms with Gasteiger partial charge in [-0.15, -0.1) is 0 Å². The second-order valence-electron chi connectivity index (χ2n) is 5.38. The summed E-state index contributed by atoms with van der Waals surface area (Å²) in [5.74, 6) is 1.32. The van der Waals surface area contributed by atoms with Gasteiger partial charge in [0, 0.05) is 32.5 Å². The highest BCUT2D eigenvalue weighted by molar-refractivity contribution is 5.73. The first-order valence-corrected chi connectivity index (χ1v) is 7.73. The fraction of sp³-hybridized carbons (Fsp3) is 0.333. The van der Waals surface area contributed by atoms with Crippen LogP contribution >= 0.6 is 0 Å². The molecule has 128 valence electrons. The number of carbonyl (C=O) groups is 1. The molecule has 6 heteroatoms. The second kappa shape index (κ2) is 8.76. The van der Waals surface area contributed by atoms with Crippen molar-refractivity contribution in [2.75, 3.05) is 27.8 Å². The highest BCUT2D eigenvalue weighted by atomic mass is 16.5. The van der Waals surface area contributed by atoms with E-state index in [1.165, 1.54) is 0 Å². The van der Waals surface area contributed by atoms with Crippen molar-refractivity contribution in [3.8, 4) is 11.5 Å². The van der Waals surface area contributed by atoms with Crippen LogP contribution in [0.4, 0.5) is 4.79 Å². The smallest absolute Gasteiger partial charge is 0.317 e. The summed E-state index contributed by atoms with van der Waals surface area (Å²) in [4.78, 5) is 17.8. The molecule has 0 saturated carbocycles. The Kier molecular flexibility index (Phi) is 6.42. The lowest BCUT2D eigenvalue weighted by molar-refractivity contribution is 0.209. The number of urea groups is 1. The first-order valence-electron chi connectivity index (χ1n) is 7.73.